The number of rotatable bonds is 17. The van der Waals surface area contributed by atoms with Gasteiger partial charge in [0.05, 0.1) is 19.8 Å². The van der Waals surface area contributed by atoms with Crippen LogP contribution in [0.5, 0.6) is 0 Å². The van der Waals surface area contributed by atoms with E-state index >= 15 is 0 Å². The lowest BCUT2D eigenvalue weighted by atomic mass is 9.92. The molecule has 0 unspecified atom stereocenters. The molecule has 19 heteroatoms. The zero-order valence-electron chi connectivity index (χ0n) is 41.3. The summed E-state index contributed by atoms with van der Waals surface area (Å²) < 4.78 is 58.1. The Hall–Kier alpha value is -5.41. The van der Waals surface area contributed by atoms with Gasteiger partial charge in [0, 0.05) is 43.1 Å². The summed E-state index contributed by atoms with van der Waals surface area (Å²) in [6.45, 7) is 18.7. The molecule has 69 heavy (non-hydrogen) atoms. The van der Waals surface area contributed by atoms with Gasteiger partial charge in [0.15, 0.2) is 33.1 Å². The van der Waals surface area contributed by atoms with Crippen molar-refractivity contribution in [3.63, 3.8) is 0 Å². The normalized spacial score (nSPS) is 27.9. The Balaban J connectivity index is 1.58. The fraction of sp³-hybridized carbons (Fsp3) is 0.540. The molecule has 2 saturated heterocycles. The molecule has 4 aliphatic heterocycles. The van der Waals surface area contributed by atoms with Crippen LogP contribution in [0.3, 0.4) is 0 Å². The first-order chi connectivity index (χ1) is 32.4. The van der Waals surface area contributed by atoms with Crippen LogP contribution in [0.15, 0.2) is 83.0 Å². The highest BCUT2D eigenvalue weighted by molar-refractivity contribution is 6.74. The lowest BCUT2D eigenvalue weighted by molar-refractivity contribution is -0.342. The minimum Gasteiger partial charge on any atom is -0.463 e. The highest BCUT2D eigenvalue weighted by Crippen LogP contribution is 2.43. The number of nitrogens with zero attached hydrogens (tertiary/aromatic N) is 2. The van der Waals surface area contributed by atoms with Crippen LogP contribution >= 0.6 is 0 Å². The van der Waals surface area contributed by atoms with Gasteiger partial charge in [0.25, 0.3) is 23.6 Å². The highest BCUT2D eigenvalue weighted by atomic mass is 28.4. The van der Waals surface area contributed by atoms with Crippen molar-refractivity contribution in [3.05, 3.63) is 94.1 Å². The fourth-order valence-corrected chi connectivity index (χ4v) is 9.49. The Bertz CT molecular complexity index is 2300. The minimum atomic E-state index is -2.86. The molecule has 10 atom stereocenters. The standard InChI is InChI=1S/C50H64N2O16Si/c1-27-28(2)45(57)51(44(27)56)38-42(62-24-35-21-17-14-18-22-35)40(36(25-60-23-34-19-15-13-16-20-34)66-49(38)68-69(11,12)50(8,9)10)67-48-39(52-46(58)29(3)30(4)47(52)59)43(64-33(7)55)41(63-32(6)54)37(65-48)26-61-31(5)53/h13-22,36-43,48-49H,23-26H2,1-12H3/t36-,37-,38-,39-,40-,41-,42-,43-,48+,49+/m1/s1. The second kappa shape index (κ2) is 21.7. The molecule has 6 rings (SSSR count). The summed E-state index contributed by atoms with van der Waals surface area (Å²) in [6.07, 6.45) is -11.8. The molecule has 18 nitrogen and oxygen atoms in total. The van der Waals surface area contributed by atoms with E-state index in [1.807, 2.05) is 94.5 Å². The zero-order chi connectivity index (χ0) is 50.7. The minimum absolute atomic E-state index is 0.0821. The monoisotopic (exact) mass is 976 g/mol. The molecule has 2 aromatic carbocycles. The average Bonchev–Trinajstić information content (AvgIpc) is 3.59. The second-order valence-electron chi connectivity index (χ2n) is 19.2. The summed E-state index contributed by atoms with van der Waals surface area (Å²) in [5, 5.41) is -0.402. The molecule has 4 heterocycles. The van der Waals surface area contributed by atoms with Crippen molar-refractivity contribution < 1.29 is 75.9 Å². The van der Waals surface area contributed by atoms with Gasteiger partial charge in [-0.3, -0.25) is 43.4 Å². The lowest BCUT2D eigenvalue weighted by Crippen LogP contribution is -2.72. The van der Waals surface area contributed by atoms with Crippen molar-refractivity contribution in [1.29, 1.82) is 0 Å². The molecular formula is C50H64N2O16Si. The Labute approximate surface area is 403 Å². The molecule has 0 spiro atoms. The third-order valence-electron chi connectivity index (χ3n) is 13.4. The van der Waals surface area contributed by atoms with Gasteiger partial charge in [-0.15, -0.1) is 0 Å². The molecule has 0 radical (unpaired) electrons. The molecule has 374 valence electrons. The van der Waals surface area contributed by atoms with E-state index in [0.29, 0.717) is 5.56 Å². The summed E-state index contributed by atoms with van der Waals surface area (Å²) >= 11 is 0. The Morgan fingerprint density at radius 3 is 1.48 bits per heavy atom. The van der Waals surface area contributed by atoms with Crippen LogP contribution in [-0.2, 0) is 89.1 Å². The summed E-state index contributed by atoms with van der Waals surface area (Å²) in [4.78, 5) is 97.5. The first-order valence-electron chi connectivity index (χ1n) is 22.9. The lowest BCUT2D eigenvalue weighted by Gasteiger charge is -2.53. The van der Waals surface area contributed by atoms with Gasteiger partial charge in [-0.05, 0) is 57.0 Å². The van der Waals surface area contributed by atoms with Crippen molar-refractivity contribution in [2.24, 2.45) is 0 Å². The van der Waals surface area contributed by atoms with Crippen molar-refractivity contribution >= 4 is 49.9 Å². The molecule has 2 fully saturated rings. The van der Waals surface area contributed by atoms with Gasteiger partial charge < -0.3 is 42.3 Å². The zero-order valence-corrected chi connectivity index (χ0v) is 42.3. The number of benzene rings is 2. The average molecular weight is 977 g/mol. The Morgan fingerprint density at radius 1 is 0.580 bits per heavy atom. The van der Waals surface area contributed by atoms with Crippen LogP contribution in [0.2, 0.25) is 18.1 Å². The van der Waals surface area contributed by atoms with E-state index < -0.39 is 123 Å². The molecular weight excluding hydrogens is 913 g/mol. The van der Waals surface area contributed by atoms with Crippen LogP contribution < -0.4 is 0 Å². The van der Waals surface area contributed by atoms with E-state index in [-0.39, 0.29) is 42.1 Å². The van der Waals surface area contributed by atoms with Crippen LogP contribution in [0, 0.1) is 0 Å². The summed E-state index contributed by atoms with van der Waals surface area (Å²) in [7, 11) is -2.86. The van der Waals surface area contributed by atoms with Crippen LogP contribution in [0.1, 0.15) is 80.4 Å². The Morgan fingerprint density at radius 2 is 1.01 bits per heavy atom. The summed E-state index contributed by atoms with van der Waals surface area (Å²) in [5.41, 5.74) is 2.11. The first kappa shape index (κ1) is 52.9. The molecule has 0 N–H and O–H groups in total. The van der Waals surface area contributed by atoms with Crippen LogP contribution in [0.4, 0.5) is 0 Å². The number of hydrogen-bond acceptors (Lipinski definition) is 16. The maximum Gasteiger partial charge on any atom is 0.303 e. The SMILES string of the molecule is CC(=O)OC[C@H]1O[C@@H](O[C@H]2[C@H](OCc3ccccc3)[C@@H](N3C(=O)C(C)=C(C)C3=O)[C@H](O[Si](C)(C)C(C)(C)C)O[C@@H]2COCc2ccccc2)[C@H](N2C(=O)C(C)=C(C)C2=O)[C@@H](OC(C)=O)[C@@H]1OC(C)=O. The van der Waals surface area contributed by atoms with Crippen molar-refractivity contribution in [3.8, 4) is 0 Å². The third-order valence-corrected chi connectivity index (χ3v) is 17.8. The topological polar surface area (TPSA) is 209 Å². The summed E-state index contributed by atoms with van der Waals surface area (Å²) in [6, 6.07) is 15.4. The highest BCUT2D eigenvalue weighted by Gasteiger charge is 2.61. The van der Waals surface area contributed by atoms with Gasteiger partial charge in [-0.2, -0.15) is 0 Å². The third kappa shape index (κ3) is 11.6. The van der Waals surface area contributed by atoms with E-state index in [4.69, 9.17) is 42.3 Å². The number of carbonyl (C=O) groups is 7. The Kier molecular flexibility index (Phi) is 16.7. The first-order valence-corrected chi connectivity index (χ1v) is 25.8. The molecule has 0 aromatic heterocycles. The maximum absolute atomic E-state index is 14.4. The molecule has 4 aliphatic rings. The number of amides is 4. The molecule has 0 aliphatic carbocycles. The smallest absolute Gasteiger partial charge is 0.303 e. The van der Waals surface area contributed by atoms with E-state index in [1.54, 1.807) is 13.8 Å². The van der Waals surface area contributed by atoms with E-state index in [9.17, 15) is 33.6 Å². The van der Waals surface area contributed by atoms with E-state index in [0.717, 1.165) is 36.1 Å². The molecule has 2 aromatic rings. The van der Waals surface area contributed by atoms with Crippen LogP contribution in [-0.4, -0.2) is 134 Å². The molecule has 4 amide bonds. The second-order valence-corrected chi connectivity index (χ2v) is 24.0. The number of hydrogen-bond donors (Lipinski definition) is 0. The van der Waals surface area contributed by atoms with Gasteiger partial charge in [-0.25, -0.2) is 0 Å². The number of imide groups is 2. The van der Waals surface area contributed by atoms with E-state index in [1.165, 1.54) is 13.8 Å². The quantitative estimate of drug-likeness (QED) is 0.0862. The van der Waals surface area contributed by atoms with E-state index in [2.05, 4.69) is 0 Å². The largest absolute Gasteiger partial charge is 0.463 e. The number of ether oxygens (including phenoxy) is 8. The van der Waals surface area contributed by atoms with Crippen molar-refractivity contribution in [1.82, 2.24) is 9.80 Å². The van der Waals surface area contributed by atoms with Gasteiger partial charge >= 0.3 is 17.9 Å². The van der Waals surface area contributed by atoms with Crippen molar-refractivity contribution in [2.75, 3.05) is 13.2 Å². The molecule has 0 saturated carbocycles. The number of carbonyl (C=O) groups excluding carboxylic acids is 7. The van der Waals surface area contributed by atoms with Crippen LogP contribution in [0.25, 0.3) is 0 Å². The predicted molar refractivity (Wildman–Crippen MR) is 247 cm³/mol. The number of esters is 3. The predicted octanol–water partition coefficient (Wildman–Crippen LogP) is 5.22. The van der Waals surface area contributed by atoms with Gasteiger partial charge in [-0.1, -0.05) is 81.4 Å². The van der Waals surface area contributed by atoms with Gasteiger partial charge in [0.2, 0.25) is 0 Å². The summed E-state index contributed by atoms with van der Waals surface area (Å²) in [5.74, 6) is -5.25. The molecule has 0 bridgehead atoms. The van der Waals surface area contributed by atoms with Crippen molar-refractivity contribution in [2.45, 2.75) is 162 Å². The van der Waals surface area contributed by atoms with Gasteiger partial charge in [0.1, 0.15) is 43.1 Å². The fourth-order valence-electron chi connectivity index (χ4n) is 8.36. The maximum atomic E-state index is 14.4.